The van der Waals surface area contributed by atoms with Crippen LogP contribution in [0.2, 0.25) is 0 Å². The monoisotopic (exact) mass is 409 g/mol. The Hall–Kier alpha value is -3.38. The van der Waals surface area contributed by atoms with Crippen LogP contribution < -0.4 is 10.1 Å². The van der Waals surface area contributed by atoms with E-state index in [1.807, 2.05) is 26.0 Å². The standard InChI is InChI=1S/C24H24FNO4/c1-14-10-20(26-24(28)29)11-15(2)22(14)23(27)17-6-9-21(30-3)18(13-17)12-16-4-7-19(25)8-5-16/h4-11,13,23,26-27H,12H2,1-3H3,(H,28,29). The summed E-state index contributed by atoms with van der Waals surface area (Å²) in [5.74, 6) is 0.395. The van der Waals surface area contributed by atoms with Gasteiger partial charge in [0, 0.05) is 12.1 Å². The molecule has 0 aliphatic carbocycles. The maximum absolute atomic E-state index is 13.2. The topological polar surface area (TPSA) is 78.8 Å². The van der Waals surface area contributed by atoms with E-state index in [-0.39, 0.29) is 5.82 Å². The van der Waals surface area contributed by atoms with E-state index in [9.17, 15) is 14.3 Å². The number of hydrogen-bond acceptors (Lipinski definition) is 3. The number of aliphatic hydroxyl groups excluding tert-OH is 1. The molecule has 0 saturated carbocycles. The van der Waals surface area contributed by atoms with Gasteiger partial charge in [-0.3, -0.25) is 5.32 Å². The number of nitrogens with one attached hydrogen (secondary N) is 1. The van der Waals surface area contributed by atoms with Crippen molar-refractivity contribution >= 4 is 11.8 Å². The first-order valence-corrected chi connectivity index (χ1v) is 9.49. The summed E-state index contributed by atoms with van der Waals surface area (Å²) in [6.45, 7) is 3.67. The molecule has 0 aromatic heterocycles. The molecule has 156 valence electrons. The molecule has 3 aromatic rings. The highest BCUT2D eigenvalue weighted by molar-refractivity contribution is 5.83. The molecule has 3 rings (SSSR count). The van der Waals surface area contributed by atoms with Gasteiger partial charge in [-0.2, -0.15) is 0 Å². The van der Waals surface area contributed by atoms with Gasteiger partial charge in [-0.1, -0.05) is 18.2 Å². The summed E-state index contributed by atoms with van der Waals surface area (Å²) in [6.07, 6.45) is -1.49. The molecule has 0 aliphatic heterocycles. The van der Waals surface area contributed by atoms with Gasteiger partial charge in [-0.05, 0) is 83.6 Å². The summed E-state index contributed by atoms with van der Waals surface area (Å²) >= 11 is 0. The van der Waals surface area contributed by atoms with Crippen LogP contribution in [0.5, 0.6) is 5.75 Å². The number of aliphatic hydroxyl groups is 1. The van der Waals surface area contributed by atoms with Crippen molar-refractivity contribution in [3.05, 3.63) is 93.8 Å². The third-order valence-electron chi connectivity index (χ3n) is 5.05. The predicted molar refractivity (Wildman–Crippen MR) is 114 cm³/mol. The Labute approximate surface area is 174 Å². The Bertz CT molecular complexity index is 1040. The highest BCUT2D eigenvalue weighted by atomic mass is 19.1. The minimum absolute atomic E-state index is 0.290. The quantitative estimate of drug-likeness (QED) is 0.522. The lowest BCUT2D eigenvalue weighted by Crippen LogP contribution is -2.10. The first-order valence-electron chi connectivity index (χ1n) is 9.49. The molecule has 0 radical (unpaired) electrons. The summed E-state index contributed by atoms with van der Waals surface area (Å²) in [7, 11) is 1.59. The Morgan fingerprint density at radius 2 is 1.70 bits per heavy atom. The molecule has 3 aromatic carbocycles. The van der Waals surface area contributed by atoms with Gasteiger partial charge in [0.25, 0.3) is 0 Å². The number of amides is 1. The largest absolute Gasteiger partial charge is 0.496 e. The average Bonchev–Trinajstić information content (AvgIpc) is 2.68. The molecular formula is C24H24FNO4. The first-order chi connectivity index (χ1) is 14.3. The Balaban J connectivity index is 1.95. The zero-order valence-electron chi connectivity index (χ0n) is 17.1. The number of carboxylic acid groups (broad SMARTS) is 1. The van der Waals surface area contributed by atoms with E-state index in [0.29, 0.717) is 23.4 Å². The second-order valence-electron chi connectivity index (χ2n) is 7.23. The Kier molecular flexibility index (Phi) is 6.37. The second-order valence-corrected chi connectivity index (χ2v) is 7.23. The minimum Gasteiger partial charge on any atom is -0.496 e. The van der Waals surface area contributed by atoms with Gasteiger partial charge in [-0.25, -0.2) is 9.18 Å². The molecule has 5 nitrogen and oxygen atoms in total. The van der Waals surface area contributed by atoms with Crippen LogP contribution in [0.25, 0.3) is 0 Å². The fraction of sp³-hybridized carbons (Fsp3) is 0.208. The van der Waals surface area contributed by atoms with E-state index in [1.165, 1.54) is 12.1 Å². The molecule has 30 heavy (non-hydrogen) atoms. The van der Waals surface area contributed by atoms with Gasteiger partial charge in [0.2, 0.25) is 0 Å². The second kappa shape index (κ2) is 8.97. The maximum Gasteiger partial charge on any atom is 0.409 e. The molecule has 1 atom stereocenters. The number of aryl methyl sites for hydroxylation is 2. The third kappa shape index (κ3) is 4.78. The number of methoxy groups -OCH3 is 1. The van der Waals surface area contributed by atoms with E-state index in [4.69, 9.17) is 9.84 Å². The number of carbonyl (C=O) groups is 1. The zero-order valence-corrected chi connectivity index (χ0v) is 17.1. The van der Waals surface area contributed by atoms with Crippen LogP contribution in [0.4, 0.5) is 14.9 Å². The van der Waals surface area contributed by atoms with Gasteiger partial charge >= 0.3 is 6.09 Å². The Morgan fingerprint density at radius 1 is 1.07 bits per heavy atom. The molecule has 0 saturated heterocycles. The van der Waals surface area contributed by atoms with Crippen LogP contribution in [0.3, 0.4) is 0 Å². The molecule has 1 amide bonds. The van der Waals surface area contributed by atoms with E-state index >= 15 is 0 Å². The molecule has 3 N–H and O–H groups in total. The van der Waals surface area contributed by atoms with Crippen LogP contribution in [0, 0.1) is 19.7 Å². The summed E-state index contributed by atoms with van der Waals surface area (Å²) < 4.78 is 18.7. The fourth-order valence-corrected chi connectivity index (χ4v) is 3.70. The molecule has 0 fully saturated rings. The molecule has 1 unspecified atom stereocenters. The number of halogens is 1. The molecule has 0 spiro atoms. The van der Waals surface area contributed by atoms with Crippen LogP contribution in [-0.2, 0) is 6.42 Å². The van der Waals surface area contributed by atoms with E-state index < -0.39 is 12.2 Å². The summed E-state index contributed by atoms with van der Waals surface area (Å²) in [5.41, 5.74) is 5.24. The molecular weight excluding hydrogens is 385 g/mol. The molecule has 0 bridgehead atoms. The molecule has 0 aliphatic rings. The number of anilines is 1. The summed E-state index contributed by atoms with van der Waals surface area (Å²) in [6, 6.07) is 15.2. The first kappa shape index (κ1) is 21.3. The number of hydrogen-bond donors (Lipinski definition) is 3. The van der Waals surface area contributed by atoms with Crippen LogP contribution in [0.15, 0.2) is 54.6 Å². The zero-order chi connectivity index (χ0) is 21.8. The highest BCUT2D eigenvalue weighted by Gasteiger charge is 2.18. The van der Waals surface area contributed by atoms with Crippen LogP contribution in [0.1, 0.15) is 39.5 Å². The van der Waals surface area contributed by atoms with Crippen molar-refractivity contribution in [2.45, 2.75) is 26.4 Å². The van der Waals surface area contributed by atoms with Gasteiger partial charge < -0.3 is 14.9 Å². The van der Waals surface area contributed by atoms with Crippen molar-refractivity contribution in [1.82, 2.24) is 0 Å². The molecule has 6 heteroatoms. The predicted octanol–water partition coefficient (Wildman–Crippen LogP) is 5.21. The van der Waals surface area contributed by atoms with E-state index in [2.05, 4.69) is 5.32 Å². The van der Waals surface area contributed by atoms with Gasteiger partial charge in [0.1, 0.15) is 17.7 Å². The van der Waals surface area contributed by atoms with Crippen LogP contribution in [-0.4, -0.2) is 23.4 Å². The van der Waals surface area contributed by atoms with Gasteiger partial charge in [0.05, 0.1) is 7.11 Å². The smallest absolute Gasteiger partial charge is 0.409 e. The van der Waals surface area contributed by atoms with E-state index in [1.54, 1.807) is 37.4 Å². The lowest BCUT2D eigenvalue weighted by molar-refractivity contribution is 0.209. The van der Waals surface area contributed by atoms with Gasteiger partial charge in [-0.15, -0.1) is 0 Å². The number of ether oxygens (including phenoxy) is 1. The third-order valence-corrected chi connectivity index (χ3v) is 5.05. The maximum atomic E-state index is 13.2. The number of benzene rings is 3. The van der Waals surface area contributed by atoms with Crippen molar-refractivity contribution in [1.29, 1.82) is 0 Å². The van der Waals surface area contributed by atoms with Gasteiger partial charge in [0.15, 0.2) is 0 Å². The SMILES string of the molecule is COc1ccc(C(O)c2c(C)cc(NC(=O)O)cc2C)cc1Cc1ccc(F)cc1. The van der Waals surface area contributed by atoms with Crippen molar-refractivity contribution in [3.63, 3.8) is 0 Å². The van der Waals surface area contributed by atoms with Crippen molar-refractivity contribution in [2.75, 3.05) is 12.4 Å². The van der Waals surface area contributed by atoms with Crippen LogP contribution >= 0.6 is 0 Å². The normalized spacial score (nSPS) is 11.8. The summed E-state index contributed by atoms with van der Waals surface area (Å²) in [4.78, 5) is 10.9. The molecule has 0 heterocycles. The fourth-order valence-electron chi connectivity index (χ4n) is 3.70. The van der Waals surface area contributed by atoms with Crippen molar-refractivity contribution in [2.24, 2.45) is 0 Å². The lowest BCUT2D eigenvalue weighted by Gasteiger charge is -2.20. The lowest BCUT2D eigenvalue weighted by atomic mass is 9.91. The average molecular weight is 409 g/mol. The van der Waals surface area contributed by atoms with E-state index in [0.717, 1.165) is 27.8 Å². The minimum atomic E-state index is -1.14. The van der Waals surface area contributed by atoms with Crippen molar-refractivity contribution in [3.8, 4) is 5.75 Å². The highest BCUT2D eigenvalue weighted by Crippen LogP contribution is 2.33. The van der Waals surface area contributed by atoms with Crippen molar-refractivity contribution < 1.29 is 24.1 Å². The Morgan fingerprint density at radius 3 is 2.27 bits per heavy atom. The number of rotatable bonds is 6. The summed E-state index contributed by atoms with van der Waals surface area (Å²) in [5, 5.41) is 22.4.